The van der Waals surface area contributed by atoms with Gasteiger partial charge in [-0.3, -0.25) is 0 Å². The highest BCUT2D eigenvalue weighted by Gasteiger charge is 2.13. The quantitative estimate of drug-likeness (QED) is 0.678. The molecule has 0 amide bonds. The van der Waals surface area contributed by atoms with Gasteiger partial charge in [-0.25, -0.2) is 4.98 Å². The molecule has 0 saturated carbocycles. The number of aromatic nitrogens is 1. The number of fused-ring (bicyclic) bond motifs is 1. The Morgan fingerprint density at radius 2 is 1.93 bits per heavy atom. The lowest BCUT2D eigenvalue weighted by Gasteiger charge is -2.06. The normalized spacial score (nSPS) is 10.1. The summed E-state index contributed by atoms with van der Waals surface area (Å²) in [7, 11) is -1.84. The molecule has 0 unspecified atom stereocenters. The molecule has 0 saturated heterocycles. The first-order valence-electron chi connectivity index (χ1n) is 4.14. The molecule has 0 aliphatic carbocycles. The number of hydrogen-bond donors (Lipinski definition) is 2. The number of nitrogens with zero attached hydrogens (tertiary/aromatic N) is 1. The summed E-state index contributed by atoms with van der Waals surface area (Å²) >= 11 is 0. The first-order valence-corrected chi connectivity index (χ1v) is 4.14. The third-order valence-electron chi connectivity index (χ3n) is 1.85. The summed E-state index contributed by atoms with van der Waals surface area (Å²) in [6.07, 6.45) is 1.56. The second-order valence-electron chi connectivity index (χ2n) is 2.78. The number of pyridine rings is 1. The number of hydrogen-bond acceptors (Lipinski definition) is 4. The van der Waals surface area contributed by atoms with E-state index in [4.69, 9.17) is 14.7 Å². The van der Waals surface area contributed by atoms with Gasteiger partial charge in [0.2, 0.25) is 5.88 Å². The lowest BCUT2D eigenvalue weighted by Crippen LogP contribution is -2.21. The van der Waals surface area contributed by atoms with Crippen LogP contribution in [0.25, 0.3) is 10.8 Å². The number of rotatable bonds is 2. The molecule has 0 bridgehead atoms. The van der Waals surface area contributed by atoms with Gasteiger partial charge < -0.3 is 14.7 Å². The van der Waals surface area contributed by atoms with E-state index in [1.54, 1.807) is 12.3 Å². The number of benzene rings is 1. The van der Waals surface area contributed by atoms with Crippen molar-refractivity contribution in [3.05, 3.63) is 36.5 Å². The molecule has 2 N–H and O–H groups in total. The van der Waals surface area contributed by atoms with Crippen molar-refractivity contribution in [2.75, 3.05) is 0 Å². The topological polar surface area (TPSA) is 62.6 Å². The highest BCUT2D eigenvalue weighted by Crippen LogP contribution is 2.22. The van der Waals surface area contributed by atoms with Gasteiger partial charge in [0.25, 0.3) is 0 Å². The second kappa shape index (κ2) is 3.65. The molecule has 1 heterocycles. The van der Waals surface area contributed by atoms with E-state index in [9.17, 15) is 0 Å². The minimum Gasteiger partial charge on any atom is -0.497 e. The fraction of sp³-hybridized carbons (Fsp3) is 0. The Balaban J connectivity index is 2.53. The predicted octanol–water partition coefficient (Wildman–Crippen LogP) is 0.583. The molecular weight excluding hydrogens is 181 g/mol. The van der Waals surface area contributed by atoms with Gasteiger partial charge in [0.15, 0.2) is 0 Å². The Morgan fingerprint density at radius 3 is 2.71 bits per heavy atom. The zero-order valence-corrected chi connectivity index (χ0v) is 7.29. The Labute approximate surface area is 81.0 Å². The van der Waals surface area contributed by atoms with Gasteiger partial charge in [-0.15, -0.1) is 0 Å². The van der Waals surface area contributed by atoms with Crippen LogP contribution in [0, 0.1) is 0 Å². The zero-order chi connectivity index (χ0) is 9.97. The zero-order valence-electron chi connectivity index (χ0n) is 7.29. The largest absolute Gasteiger partial charge is 0.708 e. The van der Waals surface area contributed by atoms with Crippen LogP contribution in [0.1, 0.15) is 0 Å². The van der Waals surface area contributed by atoms with E-state index in [1.807, 2.05) is 24.3 Å². The van der Waals surface area contributed by atoms with Crippen molar-refractivity contribution >= 4 is 18.1 Å². The highest BCUT2D eigenvalue weighted by molar-refractivity contribution is 6.34. The molecule has 0 radical (unpaired) electrons. The second-order valence-corrected chi connectivity index (χ2v) is 2.78. The van der Waals surface area contributed by atoms with Crippen LogP contribution >= 0.6 is 0 Å². The van der Waals surface area contributed by atoms with E-state index in [-0.39, 0.29) is 5.88 Å². The SMILES string of the molecule is OB(O)Oc1nccc2ccccc12. The van der Waals surface area contributed by atoms with Crippen LogP contribution in [-0.4, -0.2) is 22.4 Å². The van der Waals surface area contributed by atoms with Gasteiger partial charge in [0.05, 0.1) is 0 Å². The lowest BCUT2D eigenvalue weighted by atomic mass is 10.1. The summed E-state index contributed by atoms with van der Waals surface area (Å²) in [6.45, 7) is 0. The molecule has 2 rings (SSSR count). The third-order valence-corrected chi connectivity index (χ3v) is 1.85. The van der Waals surface area contributed by atoms with Crippen LogP contribution in [-0.2, 0) is 0 Å². The Kier molecular flexibility index (Phi) is 2.34. The van der Waals surface area contributed by atoms with Crippen molar-refractivity contribution in [3.8, 4) is 5.88 Å². The van der Waals surface area contributed by atoms with Crippen LogP contribution in [0.5, 0.6) is 5.88 Å². The first kappa shape index (κ1) is 8.99. The van der Waals surface area contributed by atoms with Gasteiger partial charge in [-0.2, -0.15) is 0 Å². The van der Waals surface area contributed by atoms with Gasteiger partial charge in [0.1, 0.15) is 0 Å². The fourth-order valence-electron chi connectivity index (χ4n) is 1.29. The molecule has 0 fully saturated rings. The van der Waals surface area contributed by atoms with E-state index >= 15 is 0 Å². The van der Waals surface area contributed by atoms with E-state index in [2.05, 4.69) is 4.98 Å². The molecule has 1 aromatic heterocycles. The summed E-state index contributed by atoms with van der Waals surface area (Å²) in [5.41, 5.74) is 0. The van der Waals surface area contributed by atoms with Crippen molar-refractivity contribution in [2.24, 2.45) is 0 Å². The fourth-order valence-corrected chi connectivity index (χ4v) is 1.29. The highest BCUT2D eigenvalue weighted by atomic mass is 16.6. The monoisotopic (exact) mass is 189 g/mol. The predicted molar refractivity (Wildman–Crippen MR) is 52.6 cm³/mol. The summed E-state index contributed by atoms with van der Waals surface area (Å²) in [6, 6.07) is 9.25. The van der Waals surface area contributed by atoms with Crippen molar-refractivity contribution in [3.63, 3.8) is 0 Å². The van der Waals surface area contributed by atoms with E-state index in [0.29, 0.717) is 0 Å². The maximum absolute atomic E-state index is 8.66. The molecule has 0 spiro atoms. The molecule has 14 heavy (non-hydrogen) atoms. The molecule has 0 aliphatic heterocycles. The minimum atomic E-state index is -1.84. The molecule has 0 aliphatic rings. The minimum absolute atomic E-state index is 0.220. The van der Waals surface area contributed by atoms with Gasteiger partial charge in [-0.1, -0.05) is 18.2 Å². The molecule has 1 aromatic carbocycles. The molecule has 4 nitrogen and oxygen atoms in total. The van der Waals surface area contributed by atoms with Crippen molar-refractivity contribution in [1.29, 1.82) is 0 Å². The van der Waals surface area contributed by atoms with E-state index < -0.39 is 7.32 Å². The molecule has 5 heteroatoms. The lowest BCUT2D eigenvalue weighted by molar-refractivity contribution is 0.285. The maximum Gasteiger partial charge on any atom is 0.708 e. The van der Waals surface area contributed by atoms with Gasteiger partial charge in [-0.05, 0) is 17.5 Å². The van der Waals surface area contributed by atoms with Crippen LogP contribution in [0.3, 0.4) is 0 Å². The van der Waals surface area contributed by atoms with Gasteiger partial charge >= 0.3 is 7.32 Å². The Bertz CT molecular complexity index is 442. The average Bonchev–Trinajstić information content (AvgIpc) is 2.18. The molecule has 70 valence electrons. The van der Waals surface area contributed by atoms with Crippen LogP contribution in [0.2, 0.25) is 0 Å². The summed E-state index contributed by atoms with van der Waals surface area (Å²) in [5, 5.41) is 19.0. The van der Waals surface area contributed by atoms with E-state index in [0.717, 1.165) is 10.8 Å². The summed E-state index contributed by atoms with van der Waals surface area (Å²) in [5.74, 6) is 0.220. The average molecular weight is 189 g/mol. The van der Waals surface area contributed by atoms with Crippen LogP contribution < -0.4 is 4.65 Å². The standard InChI is InChI=1S/C9H8BNO3/c12-10(13)14-9-8-4-2-1-3-7(8)5-6-11-9/h1-6,12-13H. The third kappa shape index (κ3) is 1.68. The maximum atomic E-state index is 8.66. The molecule has 0 atom stereocenters. The Morgan fingerprint density at radius 1 is 1.14 bits per heavy atom. The summed E-state index contributed by atoms with van der Waals surface area (Å²) < 4.78 is 4.73. The molecular formula is C9H8BNO3. The smallest absolute Gasteiger partial charge is 0.497 e. The van der Waals surface area contributed by atoms with Crippen molar-refractivity contribution < 1.29 is 14.7 Å². The van der Waals surface area contributed by atoms with Crippen LogP contribution in [0.4, 0.5) is 0 Å². The molecule has 2 aromatic rings. The Hall–Kier alpha value is -1.59. The van der Waals surface area contributed by atoms with Crippen molar-refractivity contribution in [1.82, 2.24) is 4.98 Å². The van der Waals surface area contributed by atoms with Gasteiger partial charge in [0, 0.05) is 11.6 Å². The summed E-state index contributed by atoms with van der Waals surface area (Å²) in [4.78, 5) is 3.90. The first-order chi connectivity index (χ1) is 6.77. The van der Waals surface area contributed by atoms with Crippen molar-refractivity contribution in [2.45, 2.75) is 0 Å². The van der Waals surface area contributed by atoms with E-state index in [1.165, 1.54) is 0 Å². The van der Waals surface area contributed by atoms with Crippen LogP contribution in [0.15, 0.2) is 36.5 Å².